The predicted molar refractivity (Wildman–Crippen MR) is 43.9 cm³/mol. The van der Waals surface area contributed by atoms with Crippen LogP contribution in [-0.4, -0.2) is 19.0 Å². The van der Waals surface area contributed by atoms with Gasteiger partial charge in [0.15, 0.2) is 0 Å². The van der Waals surface area contributed by atoms with E-state index in [0.29, 0.717) is 13.1 Å². The minimum absolute atomic E-state index is 0.00667. The van der Waals surface area contributed by atoms with E-state index < -0.39 is 0 Å². The molecule has 0 aromatic carbocycles. The van der Waals surface area contributed by atoms with E-state index in [1.165, 1.54) is 0 Å². The van der Waals surface area contributed by atoms with Crippen LogP contribution in [0.25, 0.3) is 0 Å². The van der Waals surface area contributed by atoms with Crippen LogP contribution in [0.4, 0.5) is 0 Å². The van der Waals surface area contributed by atoms with Gasteiger partial charge in [0, 0.05) is 18.7 Å². The molecule has 0 bridgehead atoms. The first-order valence-electron chi connectivity index (χ1n) is 3.60. The lowest BCUT2D eigenvalue weighted by Gasteiger charge is -1.90. The lowest BCUT2D eigenvalue weighted by Crippen LogP contribution is -2.16. The van der Waals surface area contributed by atoms with Crippen LogP contribution in [0.1, 0.15) is 6.92 Å². The molecule has 0 unspecified atom stereocenters. The number of hydrogen-bond acceptors (Lipinski definition) is 2. The summed E-state index contributed by atoms with van der Waals surface area (Å²) in [4.78, 5) is 11.0. The number of rotatable bonds is 2. The van der Waals surface area contributed by atoms with Gasteiger partial charge in [0.25, 0.3) is 5.91 Å². The van der Waals surface area contributed by atoms with Crippen LogP contribution in [0.2, 0.25) is 0 Å². The maximum atomic E-state index is 11.0. The summed E-state index contributed by atoms with van der Waals surface area (Å²) < 4.78 is 0. The number of amides is 1. The van der Waals surface area contributed by atoms with E-state index in [1.54, 1.807) is 12.2 Å². The van der Waals surface area contributed by atoms with Gasteiger partial charge in [-0.15, -0.1) is 0 Å². The van der Waals surface area contributed by atoms with Gasteiger partial charge in [-0.25, -0.2) is 0 Å². The van der Waals surface area contributed by atoms with E-state index in [4.69, 9.17) is 5.73 Å². The fourth-order valence-electron chi connectivity index (χ4n) is 1.00. The van der Waals surface area contributed by atoms with Crippen molar-refractivity contribution in [3.05, 3.63) is 23.3 Å². The Balaban J connectivity index is 2.75. The molecule has 1 aliphatic heterocycles. The summed E-state index contributed by atoms with van der Waals surface area (Å²) in [5.41, 5.74) is 7.10. The van der Waals surface area contributed by atoms with Crippen molar-refractivity contribution < 1.29 is 4.79 Å². The van der Waals surface area contributed by atoms with Crippen molar-refractivity contribution in [3.8, 4) is 0 Å². The molecule has 1 rings (SSSR count). The number of hydrogen-bond donors (Lipinski definition) is 2. The molecule has 1 amide bonds. The topological polar surface area (TPSA) is 55.1 Å². The van der Waals surface area contributed by atoms with Gasteiger partial charge >= 0.3 is 0 Å². The van der Waals surface area contributed by atoms with Gasteiger partial charge in [-0.1, -0.05) is 12.2 Å². The van der Waals surface area contributed by atoms with Crippen molar-refractivity contribution in [1.82, 2.24) is 5.32 Å². The molecule has 0 saturated carbocycles. The Kier molecular flexibility index (Phi) is 2.44. The third kappa shape index (κ3) is 1.68. The van der Waals surface area contributed by atoms with Gasteiger partial charge in [0.1, 0.15) is 0 Å². The van der Waals surface area contributed by atoms with Crippen molar-refractivity contribution in [3.63, 3.8) is 0 Å². The minimum atomic E-state index is 0.00667. The molecule has 1 aliphatic rings. The summed E-state index contributed by atoms with van der Waals surface area (Å²) in [6.07, 6.45) is 3.56. The zero-order valence-electron chi connectivity index (χ0n) is 6.55. The molecule has 0 aliphatic carbocycles. The molecule has 1 heterocycles. The van der Waals surface area contributed by atoms with E-state index in [9.17, 15) is 4.79 Å². The Labute approximate surface area is 66.0 Å². The molecule has 0 radical (unpaired) electrons. The van der Waals surface area contributed by atoms with Crippen LogP contribution in [0.5, 0.6) is 0 Å². The Morgan fingerprint density at radius 2 is 2.45 bits per heavy atom. The summed E-state index contributed by atoms with van der Waals surface area (Å²) in [6.45, 7) is 3.08. The van der Waals surface area contributed by atoms with E-state index in [0.717, 1.165) is 11.1 Å². The van der Waals surface area contributed by atoms with E-state index in [-0.39, 0.29) is 5.91 Å². The quantitative estimate of drug-likeness (QED) is 0.582. The Morgan fingerprint density at radius 1 is 1.73 bits per heavy atom. The van der Waals surface area contributed by atoms with Crippen LogP contribution in [-0.2, 0) is 4.79 Å². The van der Waals surface area contributed by atoms with E-state index >= 15 is 0 Å². The lowest BCUT2D eigenvalue weighted by molar-refractivity contribution is -0.116. The van der Waals surface area contributed by atoms with Crippen molar-refractivity contribution in [2.45, 2.75) is 6.92 Å². The van der Waals surface area contributed by atoms with Gasteiger partial charge in [-0.2, -0.15) is 0 Å². The van der Waals surface area contributed by atoms with Crippen LogP contribution in [0, 0.1) is 0 Å². The summed E-state index contributed by atoms with van der Waals surface area (Å²) in [7, 11) is 0. The first-order valence-corrected chi connectivity index (χ1v) is 3.60. The molecule has 0 aromatic rings. The first kappa shape index (κ1) is 8.01. The van der Waals surface area contributed by atoms with Crippen molar-refractivity contribution in [2.24, 2.45) is 5.73 Å². The Hall–Kier alpha value is -1.09. The third-order valence-corrected chi connectivity index (χ3v) is 1.64. The predicted octanol–water partition coefficient (Wildman–Crippen LogP) is -0.0524. The SMILES string of the molecule is CC1=C(/C=C\CN)C(=O)NC1. The van der Waals surface area contributed by atoms with Gasteiger partial charge in [-0.3, -0.25) is 4.79 Å². The third-order valence-electron chi connectivity index (χ3n) is 1.64. The number of carbonyl (C=O) groups excluding carboxylic acids is 1. The van der Waals surface area contributed by atoms with Gasteiger partial charge in [0.05, 0.1) is 0 Å². The Bertz CT molecular complexity index is 228. The average molecular weight is 152 g/mol. The van der Waals surface area contributed by atoms with Gasteiger partial charge < -0.3 is 11.1 Å². The average Bonchev–Trinajstić information content (AvgIpc) is 2.29. The summed E-state index contributed by atoms with van der Waals surface area (Å²) in [5.74, 6) is 0.00667. The van der Waals surface area contributed by atoms with Gasteiger partial charge in [-0.05, 0) is 12.5 Å². The largest absolute Gasteiger partial charge is 0.348 e. The standard InChI is InChI=1S/C8H12N2O/c1-6-5-10-8(11)7(6)3-2-4-9/h2-3H,4-5,9H2,1H3,(H,10,11)/b3-2-. The number of nitrogens with two attached hydrogens (primary N) is 1. The lowest BCUT2D eigenvalue weighted by atomic mass is 10.1. The second kappa shape index (κ2) is 3.34. The van der Waals surface area contributed by atoms with Crippen LogP contribution in [0.3, 0.4) is 0 Å². The molecule has 0 fully saturated rings. The second-order valence-electron chi connectivity index (χ2n) is 2.51. The molecule has 0 aromatic heterocycles. The highest BCUT2D eigenvalue weighted by Gasteiger charge is 2.15. The molecule has 3 nitrogen and oxygen atoms in total. The van der Waals surface area contributed by atoms with Crippen molar-refractivity contribution in [2.75, 3.05) is 13.1 Å². The highest BCUT2D eigenvalue weighted by atomic mass is 16.1. The highest BCUT2D eigenvalue weighted by Crippen LogP contribution is 2.10. The normalized spacial score (nSPS) is 18.2. The number of carbonyl (C=O) groups is 1. The molecule has 3 N–H and O–H groups in total. The minimum Gasteiger partial charge on any atom is -0.348 e. The van der Waals surface area contributed by atoms with E-state index in [2.05, 4.69) is 5.32 Å². The van der Waals surface area contributed by atoms with Crippen LogP contribution >= 0.6 is 0 Å². The van der Waals surface area contributed by atoms with Crippen molar-refractivity contribution in [1.29, 1.82) is 0 Å². The maximum absolute atomic E-state index is 11.0. The molecule has 11 heavy (non-hydrogen) atoms. The zero-order valence-corrected chi connectivity index (χ0v) is 6.55. The first-order chi connectivity index (χ1) is 5.25. The second-order valence-corrected chi connectivity index (χ2v) is 2.51. The molecular formula is C8H12N2O. The Morgan fingerprint density at radius 3 is 2.91 bits per heavy atom. The van der Waals surface area contributed by atoms with Crippen LogP contribution in [0.15, 0.2) is 23.3 Å². The monoisotopic (exact) mass is 152 g/mol. The summed E-state index contributed by atoms with van der Waals surface area (Å²) >= 11 is 0. The molecule has 60 valence electrons. The highest BCUT2D eigenvalue weighted by molar-refractivity contribution is 5.99. The molecule has 0 saturated heterocycles. The smallest absolute Gasteiger partial charge is 0.251 e. The molecule has 0 atom stereocenters. The fourth-order valence-corrected chi connectivity index (χ4v) is 1.00. The molecule has 3 heteroatoms. The summed E-state index contributed by atoms with van der Waals surface area (Å²) in [6, 6.07) is 0. The fraction of sp³-hybridized carbons (Fsp3) is 0.375. The van der Waals surface area contributed by atoms with E-state index in [1.807, 2.05) is 6.92 Å². The maximum Gasteiger partial charge on any atom is 0.251 e. The van der Waals surface area contributed by atoms with Crippen LogP contribution < -0.4 is 11.1 Å². The molecular weight excluding hydrogens is 140 g/mol. The zero-order chi connectivity index (χ0) is 8.27. The molecule has 0 spiro atoms. The van der Waals surface area contributed by atoms with Gasteiger partial charge in [0.2, 0.25) is 0 Å². The summed E-state index contributed by atoms with van der Waals surface area (Å²) in [5, 5.41) is 2.72. The number of nitrogens with one attached hydrogen (secondary N) is 1. The van der Waals surface area contributed by atoms with Crippen molar-refractivity contribution >= 4 is 5.91 Å².